The van der Waals surface area contributed by atoms with Gasteiger partial charge in [-0.05, 0) is 40.2 Å². The van der Waals surface area contributed by atoms with Gasteiger partial charge in [0.05, 0.1) is 20.6 Å². The van der Waals surface area contributed by atoms with Gasteiger partial charge in [0, 0.05) is 29.3 Å². The zero-order valence-corrected chi connectivity index (χ0v) is 12.1. The number of aromatic nitrogens is 2. The first-order chi connectivity index (χ1) is 10.1. The van der Waals surface area contributed by atoms with E-state index in [2.05, 4.69) is 25.9 Å². The summed E-state index contributed by atoms with van der Waals surface area (Å²) in [4.78, 5) is 28.9. The molecule has 0 aliphatic heterocycles. The minimum Gasteiger partial charge on any atom is -0.321 e. The van der Waals surface area contributed by atoms with Crippen molar-refractivity contribution in [3.05, 3.63) is 67.5 Å². The number of fused-ring (bicyclic) bond motifs is 1. The van der Waals surface area contributed by atoms with Crippen LogP contribution in [0.1, 0.15) is 0 Å². The first-order valence-electron chi connectivity index (χ1n) is 5.98. The van der Waals surface area contributed by atoms with Crippen molar-refractivity contribution in [3.63, 3.8) is 0 Å². The number of aromatic amines is 1. The lowest BCUT2D eigenvalue weighted by atomic mass is 10.1. The highest BCUT2D eigenvalue weighted by atomic mass is 79.9. The van der Waals surface area contributed by atoms with Crippen molar-refractivity contribution in [1.29, 1.82) is 0 Å². The van der Waals surface area contributed by atoms with Gasteiger partial charge in [0.1, 0.15) is 0 Å². The van der Waals surface area contributed by atoms with E-state index >= 15 is 0 Å². The second-order valence-electron chi connectivity index (χ2n) is 4.37. The van der Waals surface area contributed by atoms with Crippen LogP contribution in [0.15, 0.2) is 51.9 Å². The number of hydrogen-bond donors (Lipinski definition) is 1. The van der Waals surface area contributed by atoms with Gasteiger partial charge in [0.15, 0.2) is 0 Å². The highest BCUT2D eigenvalue weighted by molar-refractivity contribution is 9.10. The zero-order chi connectivity index (χ0) is 15.0. The molecule has 6 nitrogen and oxygen atoms in total. The molecule has 0 radical (unpaired) electrons. The summed E-state index contributed by atoms with van der Waals surface area (Å²) in [6.07, 6.45) is 1.59. The molecular weight excluding hydrogens is 338 g/mol. The van der Waals surface area contributed by atoms with Gasteiger partial charge >= 0.3 is 0 Å². The van der Waals surface area contributed by atoms with Crippen molar-refractivity contribution in [3.8, 4) is 11.3 Å². The van der Waals surface area contributed by atoms with Crippen LogP contribution in [0.3, 0.4) is 0 Å². The number of rotatable bonds is 2. The Balaban J connectivity index is 2.22. The fraction of sp³-hybridized carbons (Fsp3) is 0. The lowest BCUT2D eigenvalue weighted by molar-refractivity contribution is -0.384. The Kier molecular flexibility index (Phi) is 3.26. The molecule has 0 amide bonds. The van der Waals surface area contributed by atoms with Gasteiger partial charge in [0.2, 0.25) is 0 Å². The van der Waals surface area contributed by atoms with E-state index in [4.69, 9.17) is 0 Å². The molecule has 2 aromatic heterocycles. The largest absolute Gasteiger partial charge is 0.321 e. The third-order valence-electron chi connectivity index (χ3n) is 3.08. The number of nitrogens with zero attached hydrogens (tertiary/aromatic N) is 2. The second-order valence-corrected chi connectivity index (χ2v) is 5.23. The van der Waals surface area contributed by atoms with Gasteiger partial charge in [-0.1, -0.05) is 0 Å². The molecule has 104 valence electrons. The van der Waals surface area contributed by atoms with E-state index in [9.17, 15) is 14.9 Å². The van der Waals surface area contributed by atoms with Crippen molar-refractivity contribution in [2.45, 2.75) is 0 Å². The monoisotopic (exact) mass is 345 g/mol. The minimum atomic E-state index is -0.450. The number of H-pyrrole nitrogens is 1. The van der Waals surface area contributed by atoms with Crippen molar-refractivity contribution < 1.29 is 4.92 Å². The summed E-state index contributed by atoms with van der Waals surface area (Å²) < 4.78 is 0.408. The summed E-state index contributed by atoms with van der Waals surface area (Å²) in [5, 5.41) is 11.4. The highest BCUT2D eigenvalue weighted by Crippen LogP contribution is 2.27. The van der Waals surface area contributed by atoms with Crippen LogP contribution in [0.2, 0.25) is 0 Å². The van der Waals surface area contributed by atoms with Crippen LogP contribution in [0.4, 0.5) is 5.69 Å². The van der Waals surface area contributed by atoms with Crippen LogP contribution in [-0.4, -0.2) is 14.9 Å². The molecule has 2 heterocycles. The van der Waals surface area contributed by atoms with E-state index < -0.39 is 4.92 Å². The summed E-state index contributed by atoms with van der Waals surface area (Å²) in [6, 6.07) is 9.53. The van der Waals surface area contributed by atoms with Gasteiger partial charge in [-0.3, -0.25) is 19.9 Å². The lowest BCUT2D eigenvalue weighted by Gasteiger charge is -2.06. The van der Waals surface area contributed by atoms with Crippen LogP contribution in [0.25, 0.3) is 22.2 Å². The molecule has 0 saturated heterocycles. The first-order valence-corrected chi connectivity index (χ1v) is 6.78. The second kappa shape index (κ2) is 5.10. The van der Waals surface area contributed by atoms with E-state index in [1.54, 1.807) is 30.5 Å². The third kappa shape index (κ3) is 2.43. The summed E-state index contributed by atoms with van der Waals surface area (Å²) in [7, 11) is 0. The lowest BCUT2D eigenvalue weighted by Crippen LogP contribution is -2.06. The average molecular weight is 346 g/mol. The third-order valence-corrected chi connectivity index (χ3v) is 3.67. The maximum Gasteiger partial charge on any atom is 0.269 e. The molecule has 3 rings (SSSR count). The maximum absolute atomic E-state index is 11.6. The van der Waals surface area contributed by atoms with Crippen molar-refractivity contribution in [2.75, 3.05) is 0 Å². The number of halogens is 1. The predicted octanol–water partition coefficient (Wildman–Crippen LogP) is 3.26. The van der Waals surface area contributed by atoms with Crippen molar-refractivity contribution >= 4 is 32.5 Å². The molecule has 1 aromatic carbocycles. The number of nitro benzene ring substituents is 1. The number of pyridine rings is 2. The molecular formula is C14H8BrN3O3. The summed E-state index contributed by atoms with van der Waals surface area (Å²) >= 11 is 3.19. The number of nitrogens with one attached hydrogen (secondary N) is 1. The molecule has 0 aliphatic carbocycles. The Labute approximate surface area is 126 Å². The highest BCUT2D eigenvalue weighted by Gasteiger charge is 2.10. The Hall–Kier alpha value is -2.54. The summed E-state index contributed by atoms with van der Waals surface area (Å²) in [5.41, 5.74) is 1.85. The molecule has 0 atom stereocenters. The van der Waals surface area contributed by atoms with E-state index in [0.717, 1.165) is 10.9 Å². The molecule has 0 unspecified atom stereocenters. The Morgan fingerprint density at radius 2 is 1.90 bits per heavy atom. The Morgan fingerprint density at radius 3 is 2.57 bits per heavy atom. The van der Waals surface area contributed by atoms with E-state index in [1.165, 1.54) is 12.1 Å². The van der Waals surface area contributed by atoms with Gasteiger partial charge in [-0.25, -0.2) is 0 Å². The molecule has 0 saturated carbocycles. The number of non-ortho nitro benzene ring substituents is 1. The van der Waals surface area contributed by atoms with E-state index in [-0.39, 0.29) is 11.2 Å². The molecule has 0 fully saturated rings. The number of nitro groups is 1. The van der Waals surface area contributed by atoms with Crippen LogP contribution in [0.5, 0.6) is 0 Å². The van der Waals surface area contributed by atoms with Crippen molar-refractivity contribution in [1.82, 2.24) is 9.97 Å². The smallest absolute Gasteiger partial charge is 0.269 e. The summed E-state index contributed by atoms with van der Waals surface area (Å²) in [5.74, 6) is 0. The fourth-order valence-electron chi connectivity index (χ4n) is 2.07. The average Bonchev–Trinajstić information content (AvgIpc) is 2.48. The van der Waals surface area contributed by atoms with Crippen LogP contribution < -0.4 is 5.56 Å². The van der Waals surface area contributed by atoms with E-state index in [0.29, 0.717) is 15.7 Å². The Morgan fingerprint density at radius 1 is 1.19 bits per heavy atom. The molecule has 21 heavy (non-hydrogen) atoms. The SMILES string of the molecule is O=c1[nH]c2ccnc(-c3ccc([N+](=O)[O-])cc3)c2cc1Br. The van der Waals surface area contributed by atoms with Crippen LogP contribution >= 0.6 is 15.9 Å². The van der Waals surface area contributed by atoms with Crippen LogP contribution in [0, 0.1) is 10.1 Å². The fourth-order valence-corrected chi connectivity index (χ4v) is 2.40. The first kappa shape index (κ1) is 13.4. The van der Waals surface area contributed by atoms with E-state index in [1.807, 2.05) is 0 Å². The molecule has 0 aliphatic rings. The Bertz CT molecular complexity index is 903. The van der Waals surface area contributed by atoms with Gasteiger partial charge < -0.3 is 4.98 Å². The predicted molar refractivity (Wildman–Crippen MR) is 82.2 cm³/mol. The van der Waals surface area contributed by atoms with Gasteiger partial charge in [-0.15, -0.1) is 0 Å². The maximum atomic E-state index is 11.6. The van der Waals surface area contributed by atoms with Gasteiger partial charge in [-0.2, -0.15) is 0 Å². The molecule has 3 aromatic rings. The molecule has 0 bridgehead atoms. The quantitative estimate of drug-likeness (QED) is 0.570. The number of hydrogen-bond acceptors (Lipinski definition) is 4. The molecule has 0 spiro atoms. The molecule has 1 N–H and O–H groups in total. The standard InChI is InChI=1S/C14H8BrN3O3/c15-11-7-10-12(17-14(11)19)5-6-16-13(10)8-1-3-9(4-2-8)18(20)21/h1-7H,(H,17,19). The van der Waals surface area contributed by atoms with Crippen LogP contribution in [-0.2, 0) is 0 Å². The van der Waals surface area contributed by atoms with Crippen molar-refractivity contribution in [2.24, 2.45) is 0 Å². The minimum absolute atomic E-state index is 0.0218. The van der Waals surface area contributed by atoms with Gasteiger partial charge in [0.25, 0.3) is 11.2 Å². The zero-order valence-electron chi connectivity index (χ0n) is 10.5. The topological polar surface area (TPSA) is 88.9 Å². The summed E-state index contributed by atoms with van der Waals surface area (Å²) in [6.45, 7) is 0. The number of benzene rings is 1. The normalized spacial score (nSPS) is 10.7. The molecule has 7 heteroatoms.